The lowest BCUT2D eigenvalue weighted by atomic mass is 10.2. The Hall–Kier alpha value is -1.45. The van der Waals surface area contributed by atoms with Crippen molar-refractivity contribution in [3.8, 4) is 0 Å². The zero-order chi connectivity index (χ0) is 12.8. The molecule has 0 amide bonds. The van der Waals surface area contributed by atoms with E-state index < -0.39 is 0 Å². The van der Waals surface area contributed by atoms with Gasteiger partial charge in [-0.3, -0.25) is 0 Å². The van der Waals surface area contributed by atoms with E-state index in [1.165, 1.54) is 0 Å². The Kier molecular flexibility index (Phi) is 4.67. The van der Waals surface area contributed by atoms with Crippen LogP contribution >= 0.6 is 27.5 Å². The van der Waals surface area contributed by atoms with Gasteiger partial charge in [0, 0.05) is 9.50 Å². The van der Waals surface area contributed by atoms with Crippen molar-refractivity contribution < 1.29 is 0 Å². The largest absolute Gasteiger partial charge is 0.159 e. The fourth-order valence-electron chi connectivity index (χ4n) is 1.34. The summed E-state index contributed by atoms with van der Waals surface area (Å²) in [7, 11) is 0. The van der Waals surface area contributed by atoms with Crippen LogP contribution in [0.1, 0.15) is 11.1 Å². The van der Waals surface area contributed by atoms with Gasteiger partial charge in [0.15, 0.2) is 0 Å². The second-order valence-electron chi connectivity index (χ2n) is 3.60. The standard InChI is InChI=1S/C14H10BrClN2/c15-13-6-4-11(5-7-13)9-17-18-10-12-2-1-3-14(16)8-12/h1-10H/b17-9+,18-10+. The van der Waals surface area contributed by atoms with Crippen molar-refractivity contribution in [1.29, 1.82) is 0 Å². The number of benzene rings is 2. The molecule has 0 radical (unpaired) electrons. The van der Waals surface area contributed by atoms with Crippen LogP contribution in [0.15, 0.2) is 63.2 Å². The molecule has 0 saturated heterocycles. The maximum Gasteiger partial charge on any atom is 0.0568 e. The van der Waals surface area contributed by atoms with Gasteiger partial charge in [-0.1, -0.05) is 51.8 Å². The number of halogens is 2. The molecule has 0 fully saturated rings. The first-order chi connectivity index (χ1) is 8.74. The molecule has 0 atom stereocenters. The Morgan fingerprint density at radius 2 is 1.56 bits per heavy atom. The summed E-state index contributed by atoms with van der Waals surface area (Å²) in [6.07, 6.45) is 3.37. The first-order valence-corrected chi connectivity index (χ1v) is 6.49. The van der Waals surface area contributed by atoms with E-state index in [0.29, 0.717) is 5.02 Å². The summed E-state index contributed by atoms with van der Waals surface area (Å²) in [5, 5.41) is 8.65. The summed E-state index contributed by atoms with van der Waals surface area (Å²) >= 11 is 9.24. The summed E-state index contributed by atoms with van der Waals surface area (Å²) in [5.41, 5.74) is 1.93. The minimum atomic E-state index is 0.691. The Morgan fingerprint density at radius 3 is 2.22 bits per heavy atom. The first-order valence-electron chi connectivity index (χ1n) is 5.31. The lowest BCUT2D eigenvalue weighted by Gasteiger charge is -1.92. The highest BCUT2D eigenvalue weighted by Gasteiger charge is 1.89. The molecule has 2 aromatic carbocycles. The molecule has 0 bridgehead atoms. The molecule has 90 valence electrons. The topological polar surface area (TPSA) is 24.7 Å². The smallest absolute Gasteiger partial charge is 0.0568 e. The molecular formula is C14H10BrClN2. The molecule has 0 heterocycles. The zero-order valence-corrected chi connectivity index (χ0v) is 11.8. The van der Waals surface area contributed by atoms with Crippen molar-refractivity contribution in [1.82, 2.24) is 0 Å². The van der Waals surface area contributed by atoms with Gasteiger partial charge in [-0.25, -0.2) is 0 Å². The third-order valence-electron chi connectivity index (χ3n) is 2.20. The Balaban J connectivity index is 2.01. The lowest BCUT2D eigenvalue weighted by molar-refractivity contribution is 1.26. The van der Waals surface area contributed by atoms with Crippen molar-refractivity contribution in [2.24, 2.45) is 10.2 Å². The van der Waals surface area contributed by atoms with Crippen LogP contribution in [0, 0.1) is 0 Å². The minimum absolute atomic E-state index is 0.691. The summed E-state index contributed by atoms with van der Waals surface area (Å²) in [4.78, 5) is 0. The second-order valence-corrected chi connectivity index (χ2v) is 4.95. The van der Waals surface area contributed by atoms with E-state index in [1.807, 2.05) is 48.5 Å². The van der Waals surface area contributed by atoms with E-state index in [1.54, 1.807) is 12.4 Å². The van der Waals surface area contributed by atoms with Crippen LogP contribution in [0.3, 0.4) is 0 Å². The highest BCUT2D eigenvalue weighted by molar-refractivity contribution is 9.10. The normalized spacial score (nSPS) is 11.4. The summed E-state index contributed by atoms with van der Waals surface area (Å²) in [6.45, 7) is 0. The molecule has 0 aliphatic heterocycles. The predicted molar refractivity (Wildman–Crippen MR) is 80.8 cm³/mol. The van der Waals surface area contributed by atoms with Gasteiger partial charge in [0.25, 0.3) is 0 Å². The highest BCUT2D eigenvalue weighted by Crippen LogP contribution is 2.10. The van der Waals surface area contributed by atoms with Crippen LogP contribution in [-0.2, 0) is 0 Å². The third-order valence-corrected chi connectivity index (χ3v) is 2.96. The summed E-state index contributed by atoms with van der Waals surface area (Å²) < 4.78 is 1.04. The van der Waals surface area contributed by atoms with Gasteiger partial charge >= 0.3 is 0 Å². The van der Waals surface area contributed by atoms with E-state index >= 15 is 0 Å². The van der Waals surface area contributed by atoms with Gasteiger partial charge in [-0.05, 0) is 35.4 Å². The molecule has 18 heavy (non-hydrogen) atoms. The van der Waals surface area contributed by atoms with Crippen molar-refractivity contribution in [2.45, 2.75) is 0 Å². The molecule has 0 aliphatic carbocycles. The lowest BCUT2D eigenvalue weighted by Crippen LogP contribution is -1.81. The molecule has 0 aliphatic rings. The fraction of sp³-hybridized carbons (Fsp3) is 0. The van der Waals surface area contributed by atoms with E-state index in [2.05, 4.69) is 26.1 Å². The number of hydrogen-bond donors (Lipinski definition) is 0. The summed E-state index contributed by atoms with van der Waals surface area (Å²) in [5.74, 6) is 0. The van der Waals surface area contributed by atoms with Crippen LogP contribution < -0.4 is 0 Å². The fourth-order valence-corrected chi connectivity index (χ4v) is 1.80. The SMILES string of the molecule is Clc1cccc(/C=N/N=C/c2ccc(Br)cc2)c1. The van der Waals surface area contributed by atoms with Crippen LogP contribution in [0.2, 0.25) is 5.02 Å². The Morgan fingerprint density at radius 1 is 0.889 bits per heavy atom. The zero-order valence-electron chi connectivity index (χ0n) is 9.42. The molecule has 0 unspecified atom stereocenters. The number of nitrogens with zero attached hydrogens (tertiary/aromatic N) is 2. The number of rotatable bonds is 3. The molecule has 4 heteroatoms. The molecule has 2 rings (SSSR count). The van der Waals surface area contributed by atoms with Gasteiger partial charge in [-0.2, -0.15) is 10.2 Å². The van der Waals surface area contributed by atoms with Crippen LogP contribution in [0.5, 0.6) is 0 Å². The maximum absolute atomic E-state index is 5.86. The van der Waals surface area contributed by atoms with E-state index in [4.69, 9.17) is 11.6 Å². The van der Waals surface area contributed by atoms with Crippen molar-refractivity contribution in [3.63, 3.8) is 0 Å². The quantitative estimate of drug-likeness (QED) is 0.585. The maximum atomic E-state index is 5.86. The van der Waals surface area contributed by atoms with E-state index in [0.717, 1.165) is 15.6 Å². The van der Waals surface area contributed by atoms with Crippen LogP contribution in [0.25, 0.3) is 0 Å². The molecular weight excluding hydrogens is 312 g/mol. The predicted octanol–water partition coefficient (Wildman–Crippen LogP) is 4.56. The van der Waals surface area contributed by atoms with Gasteiger partial charge in [-0.15, -0.1) is 0 Å². The van der Waals surface area contributed by atoms with Crippen molar-refractivity contribution in [2.75, 3.05) is 0 Å². The molecule has 0 N–H and O–H groups in total. The highest BCUT2D eigenvalue weighted by atomic mass is 79.9. The third kappa shape index (κ3) is 4.09. The first kappa shape index (κ1) is 13.0. The number of hydrogen-bond acceptors (Lipinski definition) is 2. The molecule has 0 saturated carbocycles. The monoisotopic (exact) mass is 320 g/mol. The molecule has 2 nitrogen and oxygen atoms in total. The second kappa shape index (κ2) is 6.47. The average Bonchev–Trinajstić information content (AvgIpc) is 2.37. The summed E-state index contributed by atoms with van der Waals surface area (Å²) in [6, 6.07) is 15.3. The van der Waals surface area contributed by atoms with Crippen LogP contribution in [0.4, 0.5) is 0 Å². The van der Waals surface area contributed by atoms with E-state index in [9.17, 15) is 0 Å². The Bertz CT molecular complexity index is 577. The molecule has 2 aromatic rings. The van der Waals surface area contributed by atoms with Crippen LogP contribution in [-0.4, -0.2) is 12.4 Å². The van der Waals surface area contributed by atoms with Gasteiger partial charge in [0.2, 0.25) is 0 Å². The van der Waals surface area contributed by atoms with Gasteiger partial charge < -0.3 is 0 Å². The molecule has 0 aromatic heterocycles. The average molecular weight is 322 g/mol. The van der Waals surface area contributed by atoms with Gasteiger partial charge in [0.1, 0.15) is 0 Å². The Labute approximate surface area is 119 Å². The van der Waals surface area contributed by atoms with Crippen molar-refractivity contribution >= 4 is 40.0 Å². The minimum Gasteiger partial charge on any atom is -0.159 e. The molecule has 0 spiro atoms. The van der Waals surface area contributed by atoms with Crippen molar-refractivity contribution in [3.05, 3.63) is 69.2 Å². The van der Waals surface area contributed by atoms with E-state index in [-0.39, 0.29) is 0 Å². The van der Waals surface area contributed by atoms with Gasteiger partial charge in [0.05, 0.1) is 12.4 Å².